The average molecular weight is 290 g/mol. The molecule has 110 valence electrons. The fraction of sp³-hybridized carbons (Fsp3) is 0.385. The van der Waals surface area contributed by atoms with E-state index in [-0.39, 0.29) is 11.7 Å². The van der Waals surface area contributed by atoms with Crippen molar-refractivity contribution in [2.24, 2.45) is 0 Å². The van der Waals surface area contributed by atoms with Gasteiger partial charge in [-0.15, -0.1) is 0 Å². The van der Waals surface area contributed by atoms with Gasteiger partial charge in [-0.1, -0.05) is 0 Å². The molecule has 2 aromatic rings. The van der Waals surface area contributed by atoms with Crippen molar-refractivity contribution in [3.05, 3.63) is 35.9 Å². The minimum Gasteiger partial charge on any atom is -0.328 e. The number of urea groups is 1. The summed E-state index contributed by atoms with van der Waals surface area (Å²) in [5, 5.41) is 9.55. The van der Waals surface area contributed by atoms with E-state index in [2.05, 4.69) is 25.7 Å². The van der Waals surface area contributed by atoms with Gasteiger partial charge >= 0.3 is 6.03 Å². The SMILES string of the molecule is Cc1nc2n(n1)CCCC2NC(=O)Nc1ccncc1F. The summed E-state index contributed by atoms with van der Waals surface area (Å²) in [5.41, 5.74) is 0.0935. The predicted octanol–water partition coefficient (Wildman–Crippen LogP) is 1.78. The van der Waals surface area contributed by atoms with Crippen LogP contribution in [0, 0.1) is 12.7 Å². The number of amides is 2. The molecule has 2 aromatic heterocycles. The summed E-state index contributed by atoms with van der Waals surface area (Å²) in [6, 6.07) is 0.714. The first-order valence-corrected chi connectivity index (χ1v) is 6.72. The van der Waals surface area contributed by atoms with Gasteiger partial charge in [-0.25, -0.2) is 18.9 Å². The van der Waals surface area contributed by atoms with E-state index in [1.807, 2.05) is 6.92 Å². The van der Waals surface area contributed by atoms with Crippen LogP contribution in [0.2, 0.25) is 0 Å². The van der Waals surface area contributed by atoms with Gasteiger partial charge in [-0.05, 0) is 25.8 Å². The molecule has 8 heteroatoms. The number of nitrogens with zero attached hydrogens (tertiary/aromatic N) is 4. The van der Waals surface area contributed by atoms with Crippen LogP contribution in [0.25, 0.3) is 0 Å². The minimum absolute atomic E-state index is 0.0935. The summed E-state index contributed by atoms with van der Waals surface area (Å²) in [6.07, 6.45) is 4.16. The number of nitrogens with one attached hydrogen (secondary N) is 2. The normalized spacial score (nSPS) is 17.1. The monoisotopic (exact) mass is 290 g/mol. The van der Waals surface area contributed by atoms with Crippen LogP contribution in [0.4, 0.5) is 14.9 Å². The van der Waals surface area contributed by atoms with E-state index in [0.717, 1.165) is 31.4 Å². The third-order valence-electron chi connectivity index (χ3n) is 3.31. The molecule has 0 saturated heterocycles. The first kappa shape index (κ1) is 13.5. The van der Waals surface area contributed by atoms with Gasteiger partial charge in [0.15, 0.2) is 5.82 Å². The maximum Gasteiger partial charge on any atom is 0.319 e. The van der Waals surface area contributed by atoms with Crippen molar-refractivity contribution in [1.82, 2.24) is 25.1 Å². The molecule has 0 aliphatic carbocycles. The van der Waals surface area contributed by atoms with E-state index in [1.54, 1.807) is 4.68 Å². The van der Waals surface area contributed by atoms with Crippen LogP contribution in [0.1, 0.15) is 30.5 Å². The molecule has 0 spiro atoms. The molecule has 1 aliphatic heterocycles. The first-order chi connectivity index (χ1) is 10.1. The van der Waals surface area contributed by atoms with Crippen molar-refractivity contribution >= 4 is 11.7 Å². The Morgan fingerprint density at radius 3 is 3.19 bits per heavy atom. The second-order valence-corrected chi connectivity index (χ2v) is 4.89. The molecular weight excluding hydrogens is 275 g/mol. The van der Waals surface area contributed by atoms with Crippen LogP contribution < -0.4 is 10.6 Å². The lowest BCUT2D eigenvalue weighted by atomic mass is 10.1. The van der Waals surface area contributed by atoms with Crippen molar-refractivity contribution in [2.75, 3.05) is 5.32 Å². The second kappa shape index (κ2) is 5.47. The zero-order valence-corrected chi connectivity index (χ0v) is 11.5. The summed E-state index contributed by atoms with van der Waals surface area (Å²) in [5.74, 6) is 0.846. The Bertz CT molecular complexity index is 670. The van der Waals surface area contributed by atoms with Crippen LogP contribution in [0.3, 0.4) is 0 Å². The molecule has 0 aromatic carbocycles. The topological polar surface area (TPSA) is 84.7 Å². The summed E-state index contributed by atoms with van der Waals surface area (Å²) in [7, 11) is 0. The van der Waals surface area contributed by atoms with E-state index < -0.39 is 11.8 Å². The van der Waals surface area contributed by atoms with Gasteiger partial charge in [0.2, 0.25) is 0 Å². The van der Waals surface area contributed by atoms with Crippen molar-refractivity contribution in [1.29, 1.82) is 0 Å². The molecule has 0 saturated carbocycles. The van der Waals surface area contributed by atoms with E-state index in [0.29, 0.717) is 5.82 Å². The molecule has 2 amide bonds. The number of fused-ring (bicyclic) bond motifs is 1. The molecule has 3 heterocycles. The lowest BCUT2D eigenvalue weighted by Gasteiger charge is -2.23. The maximum atomic E-state index is 13.4. The predicted molar refractivity (Wildman–Crippen MR) is 73.1 cm³/mol. The lowest BCUT2D eigenvalue weighted by Crippen LogP contribution is -2.36. The van der Waals surface area contributed by atoms with Gasteiger partial charge in [0, 0.05) is 12.7 Å². The van der Waals surface area contributed by atoms with E-state index in [9.17, 15) is 9.18 Å². The van der Waals surface area contributed by atoms with Crippen molar-refractivity contribution < 1.29 is 9.18 Å². The summed E-state index contributed by atoms with van der Waals surface area (Å²) in [4.78, 5) is 20.0. The largest absolute Gasteiger partial charge is 0.328 e. The molecular formula is C13H15FN6O. The fourth-order valence-electron chi connectivity index (χ4n) is 2.40. The zero-order valence-electron chi connectivity index (χ0n) is 11.5. The number of aromatic nitrogens is 4. The van der Waals surface area contributed by atoms with Crippen LogP contribution in [0.5, 0.6) is 0 Å². The van der Waals surface area contributed by atoms with Crippen LogP contribution in [-0.2, 0) is 6.54 Å². The molecule has 21 heavy (non-hydrogen) atoms. The third-order valence-corrected chi connectivity index (χ3v) is 3.31. The molecule has 0 bridgehead atoms. The van der Waals surface area contributed by atoms with Gasteiger partial charge in [0.1, 0.15) is 11.6 Å². The highest BCUT2D eigenvalue weighted by atomic mass is 19.1. The van der Waals surface area contributed by atoms with Gasteiger partial charge in [-0.2, -0.15) is 5.10 Å². The molecule has 3 rings (SSSR count). The number of aryl methyl sites for hydroxylation is 2. The van der Waals surface area contributed by atoms with Gasteiger partial charge < -0.3 is 10.6 Å². The molecule has 0 radical (unpaired) electrons. The Labute approximate surface area is 120 Å². The Balaban J connectivity index is 1.70. The van der Waals surface area contributed by atoms with E-state index >= 15 is 0 Å². The minimum atomic E-state index is -0.574. The lowest BCUT2D eigenvalue weighted by molar-refractivity contribution is 0.244. The van der Waals surface area contributed by atoms with E-state index in [1.165, 1.54) is 12.3 Å². The number of anilines is 1. The third kappa shape index (κ3) is 2.83. The Kier molecular flexibility index (Phi) is 3.51. The summed E-state index contributed by atoms with van der Waals surface area (Å²) < 4.78 is 15.2. The molecule has 1 unspecified atom stereocenters. The average Bonchev–Trinajstić information content (AvgIpc) is 2.83. The van der Waals surface area contributed by atoms with Crippen molar-refractivity contribution in [3.8, 4) is 0 Å². The van der Waals surface area contributed by atoms with Crippen molar-refractivity contribution in [2.45, 2.75) is 32.4 Å². The van der Waals surface area contributed by atoms with E-state index in [4.69, 9.17) is 0 Å². The number of carbonyl (C=O) groups excluding carboxylic acids is 1. The quantitative estimate of drug-likeness (QED) is 0.883. The highest BCUT2D eigenvalue weighted by Crippen LogP contribution is 2.23. The maximum absolute atomic E-state index is 13.4. The number of halogens is 1. The summed E-state index contributed by atoms with van der Waals surface area (Å²) in [6.45, 7) is 2.61. The number of hydrogen-bond acceptors (Lipinski definition) is 4. The Morgan fingerprint density at radius 2 is 2.38 bits per heavy atom. The standard InChI is InChI=1S/C13H15FN6O/c1-8-16-12-11(3-2-6-20(12)19-8)18-13(21)17-10-4-5-15-7-9(10)14/h4-5,7,11H,2-3,6H2,1H3,(H2,15,17,18,21). The molecule has 7 nitrogen and oxygen atoms in total. The van der Waals surface area contributed by atoms with Gasteiger partial charge in [0.25, 0.3) is 0 Å². The first-order valence-electron chi connectivity index (χ1n) is 6.72. The Hall–Kier alpha value is -2.51. The van der Waals surface area contributed by atoms with Crippen LogP contribution in [0.15, 0.2) is 18.5 Å². The summed E-state index contributed by atoms with van der Waals surface area (Å²) >= 11 is 0. The number of pyridine rings is 1. The molecule has 0 fully saturated rings. The smallest absolute Gasteiger partial charge is 0.319 e. The number of rotatable bonds is 2. The van der Waals surface area contributed by atoms with Gasteiger partial charge in [0.05, 0.1) is 17.9 Å². The van der Waals surface area contributed by atoms with Gasteiger partial charge in [-0.3, -0.25) is 4.98 Å². The Morgan fingerprint density at radius 1 is 1.52 bits per heavy atom. The van der Waals surface area contributed by atoms with Crippen molar-refractivity contribution in [3.63, 3.8) is 0 Å². The molecule has 1 atom stereocenters. The fourth-order valence-corrected chi connectivity index (χ4v) is 2.40. The molecule has 2 N–H and O–H groups in total. The molecule has 1 aliphatic rings. The highest BCUT2D eigenvalue weighted by molar-refractivity contribution is 5.89. The van der Waals surface area contributed by atoms with Crippen LogP contribution in [-0.4, -0.2) is 25.8 Å². The highest BCUT2D eigenvalue weighted by Gasteiger charge is 2.25. The zero-order chi connectivity index (χ0) is 14.8. The van der Waals surface area contributed by atoms with Crippen LogP contribution >= 0.6 is 0 Å². The number of carbonyl (C=O) groups is 1. The second-order valence-electron chi connectivity index (χ2n) is 4.89. The number of hydrogen-bond donors (Lipinski definition) is 2.